The van der Waals surface area contributed by atoms with Crippen LogP contribution in [0.25, 0.3) is 0 Å². The number of anilines is 1. The molecule has 1 aromatic carbocycles. The van der Waals surface area contributed by atoms with Gasteiger partial charge in [-0.25, -0.2) is 14.0 Å². The van der Waals surface area contributed by atoms with Crippen LogP contribution in [-0.4, -0.2) is 58.8 Å². The van der Waals surface area contributed by atoms with E-state index < -0.39 is 17.8 Å². The third-order valence-corrected chi connectivity index (χ3v) is 4.51. The van der Waals surface area contributed by atoms with Crippen LogP contribution < -0.4 is 9.64 Å². The molecule has 0 aliphatic carbocycles. The fourth-order valence-corrected chi connectivity index (χ4v) is 3.14. The third-order valence-electron chi connectivity index (χ3n) is 4.51. The Bertz CT molecular complexity index is 774. The SMILES string of the molecule is COC(=O)C1=C(C(=O)OC)N(c2cccc(F)c2OCC2CCCO2)COC1. The van der Waals surface area contributed by atoms with Gasteiger partial charge in [-0.3, -0.25) is 0 Å². The number of benzene rings is 1. The maximum atomic E-state index is 14.6. The standard InChI is InChI=1S/C19H22FNO7/c1-24-18(22)13-10-26-11-21(16(13)19(23)25-2)15-7-3-6-14(20)17(15)28-9-12-5-4-8-27-12/h3,6-7,12H,4-5,8-11H2,1-2H3. The van der Waals surface area contributed by atoms with E-state index in [-0.39, 0.29) is 48.8 Å². The molecule has 0 N–H and O–H groups in total. The van der Waals surface area contributed by atoms with E-state index in [1.807, 2.05) is 0 Å². The van der Waals surface area contributed by atoms with Crippen molar-refractivity contribution < 1.29 is 37.7 Å². The predicted molar refractivity (Wildman–Crippen MR) is 95.2 cm³/mol. The summed E-state index contributed by atoms with van der Waals surface area (Å²) < 4.78 is 40.7. The molecular weight excluding hydrogens is 373 g/mol. The van der Waals surface area contributed by atoms with Gasteiger partial charge in [0.1, 0.15) is 19.0 Å². The highest BCUT2D eigenvalue weighted by Crippen LogP contribution is 2.36. The quantitative estimate of drug-likeness (QED) is 0.674. The molecule has 0 saturated carbocycles. The number of carbonyl (C=O) groups excluding carboxylic acids is 2. The molecule has 0 spiro atoms. The molecule has 9 heteroatoms. The van der Waals surface area contributed by atoms with Crippen molar-refractivity contribution in [2.75, 3.05) is 45.7 Å². The van der Waals surface area contributed by atoms with Gasteiger partial charge >= 0.3 is 11.9 Å². The summed E-state index contributed by atoms with van der Waals surface area (Å²) in [6, 6.07) is 4.30. The highest BCUT2D eigenvalue weighted by molar-refractivity contribution is 6.03. The summed E-state index contributed by atoms with van der Waals surface area (Å²) >= 11 is 0. The summed E-state index contributed by atoms with van der Waals surface area (Å²) in [4.78, 5) is 25.9. The summed E-state index contributed by atoms with van der Waals surface area (Å²) in [7, 11) is 2.39. The zero-order valence-corrected chi connectivity index (χ0v) is 15.7. The summed E-state index contributed by atoms with van der Waals surface area (Å²) in [5, 5.41) is 0. The minimum absolute atomic E-state index is 0.0186. The van der Waals surface area contributed by atoms with E-state index in [1.165, 1.54) is 31.3 Å². The van der Waals surface area contributed by atoms with Gasteiger partial charge < -0.3 is 28.6 Å². The summed E-state index contributed by atoms with van der Waals surface area (Å²) in [5.41, 5.74) is 0.141. The van der Waals surface area contributed by atoms with Gasteiger partial charge in [0.25, 0.3) is 0 Å². The van der Waals surface area contributed by atoms with Crippen molar-refractivity contribution in [2.45, 2.75) is 18.9 Å². The molecule has 152 valence electrons. The van der Waals surface area contributed by atoms with Crippen molar-refractivity contribution in [1.29, 1.82) is 0 Å². The van der Waals surface area contributed by atoms with Crippen molar-refractivity contribution in [3.05, 3.63) is 35.3 Å². The lowest BCUT2D eigenvalue weighted by Gasteiger charge is -2.32. The van der Waals surface area contributed by atoms with E-state index >= 15 is 0 Å². The molecule has 3 rings (SSSR count). The first-order chi connectivity index (χ1) is 13.6. The summed E-state index contributed by atoms with van der Waals surface area (Å²) in [5.74, 6) is -2.17. The van der Waals surface area contributed by atoms with Gasteiger partial charge in [-0.2, -0.15) is 0 Å². The number of hydrogen-bond acceptors (Lipinski definition) is 8. The average molecular weight is 395 g/mol. The van der Waals surface area contributed by atoms with E-state index in [4.69, 9.17) is 23.7 Å². The second-order valence-corrected chi connectivity index (χ2v) is 6.25. The zero-order chi connectivity index (χ0) is 20.1. The smallest absolute Gasteiger partial charge is 0.355 e. The molecule has 2 aliphatic heterocycles. The Morgan fingerprint density at radius 2 is 2.04 bits per heavy atom. The molecule has 2 aliphatic rings. The molecule has 1 unspecified atom stereocenters. The second kappa shape index (κ2) is 9.03. The van der Waals surface area contributed by atoms with Crippen LogP contribution in [0.4, 0.5) is 10.1 Å². The van der Waals surface area contributed by atoms with Gasteiger partial charge in [0.2, 0.25) is 0 Å². The fraction of sp³-hybridized carbons (Fsp3) is 0.474. The van der Waals surface area contributed by atoms with Crippen molar-refractivity contribution in [3.8, 4) is 5.75 Å². The molecule has 0 bridgehead atoms. The first-order valence-electron chi connectivity index (χ1n) is 8.84. The Labute approximate surface area is 161 Å². The van der Waals surface area contributed by atoms with Crippen LogP contribution in [-0.2, 0) is 28.5 Å². The first-order valence-corrected chi connectivity index (χ1v) is 8.84. The molecule has 8 nitrogen and oxygen atoms in total. The lowest BCUT2D eigenvalue weighted by Crippen LogP contribution is -2.39. The second-order valence-electron chi connectivity index (χ2n) is 6.25. The van der Waals surface area contributed by atoms with E-state index in [1.54, 1.807) is 6.07 Å². The Morgan fingerprint density at radius 3 is 2.71 bits per heavy atom. The Morgan fingerprint density at radius 1 is 1.25 bits per heavy atom. The number of methoxy groups -OCH3 is 2. The Hall–Kier alpha value is -2.65. The van der Waals surface area contributed by atoms with Crippen molar-refractivity contribution in [1.82, 2.24) is 0 Å². The van der Waals surface area contributed by atoms with Crippen LogP contribution in [0.2, 0.25) is 0 Å². The van der Waals surface area contributed by atoms with Crippen LogP contribution in [0.5, 0.6) is 5.75 Å². The first kappa shape index (κ1) is 20.1. The van der Waals surface area contributed by atoms with Crippen LogP contribution in [0.1, 0.15) is 12.8 Å². The largest absolute Gasteiger partial charge is 0.486 e. The number of carbonyl (C=O) groups is 2. The number of hydrogen-bond donors (Lipinski definition) is 0. The summed E-state index contributed by atoms with van der Waals surface area (Å²) in [6.07, 6.45) is 1.64. The van der Waals surface area contributed by atoms with Crippen LogP contribution in [0.15, 0.2) is 29.5 Å². The highest BCUT2D eigenvalue weighted by Gasteiger charge is 2.34. The molecule has 0 amide bonds. The molecule has 0 aromatic heterocycles. The molecule has 1 atom stereocenters. The molecule has 28 heavy (non-hydrogen) atoms. The van der Waals surface area contributed by atoms with Gasteiger partial charge in [0, 0.05) is 6.61 Å². The van der Waals surface area contributed by atoms with Gasteiger partial charge in [-0.15, -0.1) is 0 Å². The van der Waals surface area contributed by atoms with E-state index in [0.29, 0.717) is 6.61 Å². The number of nitrogens with zero attached hydrogens (tertiary/aromatic N) is 1. The molecule has 2 heterocycles. The Kier molecular flexibility index (Phi) is 6.48. The number of esters is 2. The van der Waals surface area contributed by atoms with Gasteiger partial charge in [0.15, 0.2) is 11.6 Å². The average Bonchev–Trinajstić information content (AvgIpc) is 3.24. The van der Waals surface area contributed by atoms with Gasteiger partial charge in [0.05, 0.1) is 38.2 Å². The number of para-hydroxylation sites is 1. The molecule has 1 saturated heterocycles. The van der Waals surface area contributed by atoms with Crippen molar-refractivity contribution in [3.63, 3.8) is 0 Å². The van der Waals surface area contributed by atoms with Crippen LogP contribution >= 0.6 is 0 Å². The van der Waals surface area contributed by atoms with E-state index in [0.717, 1.165) is 12.8 Å². The van der Waals surface area contributed by atoms with E-state index in [2.05, 4.69) is 0 Å². The fourth-order valence-electron chi connectivity index (χ4n) is 3.14. The minimum Gasteiger partial charge on any atom is -0.486 e. The maximum absolute atomic E-state index is 14.6. The van der Waals surface area contributed by atoms with Crippen LogP contribution in [0.3, 0.4) is 0 Å². The number of rotatable bonds is 6. The van der Waals surface area contributed by atoms with E-state index in [9.17, 15) is 14.0 Å². The van der Waals surface area contributed by atoms with Gasteiger partial charge in [-0.05, 0) is 25.0 Å². The third kappa shape index (κ3) is 4.10. The lowest BCUT2D eigenvalue weighted by molar-refractivity contribution is -0.140. The topological polar surface area (TPSA) is 83.5 Å². The maximum Gasteiger partial charge on any atom is 0.355 e. The zero-order valence-electron chi connectivity index (χ0n) is 15.7. The number of halogens is 1. The van der Waals surface area contributed by atoms with Crippen LogP contribution in [0, 0.1) is 5.82 Å². The Balaban J connectivity index is 1.99. The molecule has 1 fully saturated rings. The molecular formula is C19H22FNO7. The number of ether oxygens (including phenoxy) is 5. The molecule has 1 aromatic rings. The van der Waals surface area contributed by atoms with Gasteiger partial charge in [-0.1, -0.05) is 6.07 Å². The molecule has 0 radical (unpaired) electrons. The predicted octanol–water partition coefficient (Wildman–Crippen LogP) is 1.78. The monoisotopic (exact) mass is 395 g/mol. The lowest BCUT2D eigenvalue weighted by atomic mass is 10.1. The summed E-state index contributed by atoms with van der Waals surface area (Å²) in [6.45, 7) is 0.597. The highest BCUT2D eigenvalue weighted by atomic mass is 19.1. The van der Waals surface area contributed by atoms with Crippen molar-refractivity contribution >= 4 is 17.6 Å². The minimum atomic E-state index is -0.766. The van der Waals surface area contributed by atoms with Crippen molar-refractivity contribution in [2.24, 2.45) is 0 Å². The normalized spacial score (nSPS) is 19.5.